The lowest BCUT2D eigenvalue weighted by atomic mass is 9.92. The molecule has 3 N–H and O–H groups in total. The molecule has 2 fully saturated rings. The van der Waals surface area contributed by atoms with Gasteiger partial charge in [-0.05, 0) is 55.0 Å². The van der Waals surface area contributed by atoms with Crippen LogP contribution in [0.25, 0.3) is 0 Å². The highest BCUT2D eigenvalue weighted by molar-refractivity contribution is 7.13. The van der Waals surface area contributed by atoms with E-state index in [0.717, 1.165) is 28.9 Å². The number of nitrogen functional groups attached to an aromatic ring is 1. The molecule has 0 spiro atoms. The van der Waals surface area contributed by atoms with Gasteiger partial charge in [-0.2, -0.15) is 13.2 Å². The number of nitrogens with two attached hydrogens (primary N) is 1. The molecule has 4 heterocycles. The van der Waals surface area contributed by atoms with Crippen LogP contribution >= 0.6 is 22.9 Å². The molecule has 6 rings (SSSR count). The molecule has 10 nitrogen and oxygen atoms in total. The first kappa shape index (κ1) is 33.8. The highest BCUT2D eigenvalue weighted by atomic mass is 35.5. The summed E-state index contributed by atoms with van der Waals surface area (Å²) in [5, 5.41) is 5.48. The van der Waals surface area contributed by atoms with E-state index in [0.29, 0.717) is 58.7 Å². The van der Waals surface area contributed by atoms with Gasteiger partial charge in [-0.25, -0.2) is 9.78 Å². The maximum absolute atomic E-state index is 14.0. The molecule has 0 radical (unpaired) electrons. The number of amides is 4. The number of aromatic nitrogens is 1. The number of benzene rings is 2. The number of halogens is 4. The summed E-state index contributed by atoms with van der Waals surface area (Å²) in [5.41, 5.74) is 6.08. The average Bonchev–Trinajstić information content (AvgIpc) is 3.56. The first-order chi connectivity index (χ1) is 23.0. The van der Waals surface area contributed by atoms with Gasteiger partial charge in [0, 0.05) is 75.5 Å². The molecule has 256 valence electrons. The number of nitrogens with one attached hydrogen (secondary N) is 1. The molecule has 0 unspecified atom stereocenters. The van der Waals surface area contributed by atoms with Crippen LogP contribution in [-0.2, 0) is 28.6 Å². The molecule has 1 aromatic heterocycles. The minimum absolute atomic E-state index is 0.0485. The van der Waals surface area contributed by atoms with Crippen molar-refractivity contribution in [1.82, 2.24) is 19.7 Å². The Bertz CT molecular complexity index is 1640. The van der Waals surface area contributed by atoms with Crippen molar-refractivity contribution in [3.05, 3.63) is 69.7 Å². The highest BCUT2D eigenvalue weighted by Gasteiger charge is 2.37. The highest BCUT2D eigenvalue weighted by Crippen LogP contribution is 2.38. The van der Waals surface area contributed by atoms with Crippen molar-refractivity contribution >= 4 is 57.3 Å². The predicted molar refractivity (Wildman–Crippen MR) is 179 cm³/mol. The van der Waals surface area contributed by atoms with E-state index in [1.807, 2.05) is 34.5 Å². The van der Waals surface area contributed by atoms with Crippen molar-refractivity contribution < 1.29 is 27.6 Å². The van der Waals surface area contributed by atoms with Crippen LogP contribution in [0.5, 0.6) is 0 Å². The Morgan fingerprint density at radius 1 is 1.04 bits per heavy atom. The van der Waals surface area contributed by atoms with E-state index in [4.69, 9.17) is 17.3 Å². The predicted octanol–water partition coefficient (Wildman–Crippen LogP) is 5.38. The number of carbonyl (C=O) groups excluding carboxylic acids is 3. The topological polar surface area (TPSA) is 115 Å². The number of hydrogen-bond acceptors (Lipinski definition) is 7. The minimum Gasteiger partial charge on any atom is -0.397 e. The number of fused-ring (bicyclic) bond motifs is 1. The molecule has 0 saturated carbocycles. The zero-order chi connectivity index (χ0) is 34.0. The third kappa shape index (κ3) is 7.49. The zero-order valence-electron chi connectivity index (χ0n) is 26.2. The SMILES string of the molecule is Nc1c(Cl)cc(C[C@@H](CC(=O)N2CCC(N3CCc4ccccc4NC3=O)CC2)C(=O)N2CCN(c3nccs3)CC2)cc1C(F)(F)F. The first-order valence-electron chi connectivity index (χ1n) is 16.0. The van der Waals surface area contributed by atoms with E-state index in [1.165, 1.54) is 17.4 Å². The Hall–Kier alpha value is -4.04. The molecule has 3 aliphatic rings. The number of hydrogen-bond donors (Lipinski definition) is 2. The Balaban J connectivity index is 1.13. The van der Waals surface area contributed by atoms with Crippen LogP contribution in [0.1, 0.15) is 36.0 Å². The van der Waals surface area contributed by atoms with E-state index in [-0.39, 0.29) is 47.3 Å². The van der Waals surface area contributed by atoms with Gasteiger partial charge in [-0.15, -0.1) is 11.3 Å². The van der Waals surface area contributed by atoms with Crippen molar-refractivity contribution in [2.75, 3.05) is 61.8 Å². The third-order valence-electron chi connectivity index (χ3n) is 9.43. The lowest BCUT2D eigenvalue weighted by Crippen LogP contribution is -2.52. The van der Waals surface area contributed by atoms with Crippen molar-refractivity contribution in [2.45, 2.75) is 44.3 Å². The van der Waals surface area contributed by atoms with E-state index in [2.05, 4.69) is 15.2 Å². The summed E-state index contributed by atoms with van der Waals surface area (Å²) >= 11 is 7.62. The average molecular weight is 704 g/mol. The lowest BCUT2D eigenvalue weighted by molar-refractivity contribution is -0.142. The summed E-state index contributed by atoms with van der Waals surface area (Å²) < 4.78 is 41.3. The molecule has 3 aliphatic heterocycles. The molecule has 4 amide bonds. The number of urea groups is 1. The molecule has 2 saturated heterocycles. The third-order valence-corrected chi connectivity index (χ3v) is 10.6. The fourth-order valence-corrected chi connectivity index (χ4v) is 7.75. The van der Waals surface area contributed by atoms with Gasteiger partial charge in [0.05, 0.1) is 22.2 Å². The maximum Gasteiger partial charge on any atom is 0.418 e. The van der Waals surface area contributed by atoms with Crippen LogP contribution in [0.4, 0.5) is 34.5 Å². The van der Waals surface area contributed by atoms with Gasteiger partial charge >= 0.3 is 12.2 Å². The molecule has 0 bridgehead atoms. The molecular formula is C33H37ClF3N7O3S. The van der Waals surface area contributed by atoms with Gasteiger partial charge in [-0.3, -0.25) is 9.59 Å². The summed E-state index contributed by atoms with van der Waals surface area (Å²) in [7, 11) is 0. The first-order valence-corrected chi connectivity index (χ1v) is 17.3. The second-order valence-corrected chi connectivity index (χ2v) is 13.7. The number of piperidine rings is 1. The summed E-state index contributed by atoms with van der Waals surface area (Å²) in [6, 6.07) is 9.77. The number of thiazole rings is 1. The van der Waals surface area contributed by atoms with Crippen LogP contribution in [0.15, 0.2) is 48.0 Å². The van der Waals surface area contributed by atoms with E-state index < -0.39 is 23.3 Å². The van der Waals surface area contributed by atoms with Crippen molar-refractivity contribution in [3.8, 4) is 0 Å². The van der Waals surface area contributed by atoms with Gasteiger partial charge in [0.1, 0.15) is 0 Å². The Morgan fingerprint density at radius 2 is 1.77 bits per heavy atom. The van der Waals surface area contributed by atoms with Gasteiger partial charge in [0.2, 0.25) is 11.8 Å². The number of rotatable bonds is 7. The molecular weight excluding hydrogens is 667 g/mol. The molecule has 2 aromatic carbocycles. The Labute approximate surface area is 285 Å². The quantitative estimate of drug-likeness (QED) is 0.320. The van der Waals surface area contributed by atoms with Gasteiger partial charge in [-0.1, -0.05) is 29.8 Å². The van der Waals surface area contributed by atoms with Crippen LogP contribution in [0, 0.1) is 5.92 Å². The fourth-order valence-electron chi connectivity index (χ4n) is 6.81. The standard InChI is InChI=1S/C33H37ClF3N7O3S/c34-26-19-21(18-25(29(26)38)33(35,36)37)17-23(30(46)42-12-14-43(15-13-42)32-39-8-16-48-32)20-28(45)41-9-6-24(7-10-41)44-11-5-22-3-1-2-4-27(22)40-31(44)47/h1-4,8,16,18-19,23-24H,5-7,9-15,17,20,38H2,(H,40,47)/t23-/m0/s1. The second-order valence-electron chi connectivity index (χ2n) is 12.4. The summed E-state index contributed by atoms with van der Waals surface area (Å²) in [6.07, 6.45) is -1.41. The Kier molecular flexibility index (Phi) is 10.0. The normalized spacial score (nSPS) is 18.3. The largest absolute Gasteiger partial charge is 0.418 e. The number of nitrogens with zero attached hydrogens (tertiary/aromatic N) is 5. The molecule has 48 heavy (non-hydrogen) atoms. The van der Waals surface area contributed by atoms with Gasteiger partial charge in [0.15, 0.2) is 5.13 Å². The van der Waals surface area contributed by atoms with Crippen LogP contribution in [0.3, 0.4) is 0 Å². The lowest BCUT2D eigenvalue weighted by Gasteiger charge is -2.39. The molecule has 15 heteroatoms. The number of para-hydroxylation sites is 1. The number of anilines is 3. The second kappa shape index (κ2) is 14.2. The van der Waals surface area contributed by atoms with Crippen molar-refractivity contribution in [2.24, 2.45) is 5.92 Å². The summed E-state index contributed by atoms with van der Waals surface area (Å²) in [5.74, 6) is -1.45. The summed E-state index contributed by atoms with van der Waals surface area (Å²) in [6.45, 7) is 3.26. The van der Waals surface area contributed by atoms with E-state index in [1.54, 1.807) is 16.0 Å². The van der Waals surface area contributed by atoms with Crippen LogP contribution < -0.4 is 16.0 Å². The minimum atomic E-state index is -4.73. The number of piperazine rings is 1. The van der Waals surface area contributed by atoms with Crippen LogP contribution in [-0.4, -0.2) is 89.4 Å². The van der Waals surface area contributed by atoms with Crippen molar-refractivity contribution in [1.29, 1.82) is 0 Å². The molecule has 3 aromatic rings. The maximum atomic E-state index is 14.0. The fraction of sp³-hybridized carbons (Fsp3) is 0.455. The molecule has 0 aliphatic carbocycles. The summed E-state index contributed by atoms with van der Waals surface area (Å²) in [4.78, 5) is 52.4. The molecule has 1 atom stereocenters. The smallest absolute Gasteiger partial charge is 0.397 e. The van der Waals surface area contributed by atoms with Gasteiger partial charge < -0.3 is 30.7 Å². The Morgan fingerprint density at radius 3 is 2.46 bits per heavy atom. The van der Waals surface area contributed by atoms with Crippen molar-refractivity contribution in [3.63, 3.8) is 0 Å². The number of likely N-dealkylation sites (tertiary alicyclic amines) is 1. The van der Waals surface area contributed by atoms with Gasteiger partial charge in [0.25, 0.3) is 0 Å². The number of alkyl halides is 3. The number of carbonyl (C=O) groups is 3. The van der Waals surface area contributed by atoms with Crippen LogP contribution in [0.2, 0.25) is 5.02 Å². The monoisotopic (exact) mass is 703 g/mol. The zero-order valence-corrected chi connectivity index (χ0v) is 27.8. The van der Waals surface area contributed by atoms with E-state index in [9.17, 15) is 27.6 Å². The van der Waals surface area contributed by atoms with E-state index >= 15 is 0 Å².